The number of hydrogen-bond acceptors (Lipinski definition) is 6. The summed E-state index contributed by atoms with van der Waals surface area (Å²) >= 11 is 3.60. The Balaban J connectivity index is 1.71. The van der Waals surface area contributed by atoms with Crippen LogP contribution >= 0.6 is 15.9 Å². The van der Waals surface area contributed by atoms with Crippen LogP contribution in [0, 0.1) is 0 Å². The normalized spacial score (nSPS) is 19.2. The number of aliphatic imine (C=N–C) groups is 1. The molecule has 158 valence electrons. The van der Waals surface area contributed by atoms with Gasteiger partial charge in [-0.1, -0.05) is 46.3 Å². The minimum absolute atomic E-state index is 0.102. The van der Waals surface area contributed by atoms with Gasteiger partial charge in [0.25, 0.3) is 0 Å². The Morgan fingerprint density at radius 2 is 1.97 bits per heavy atom. The Kier molecular flexibility index (Phi) is 6.82. The molecule has 30 heavy (non-hydrogen) atoms. The number of ether oxygens (including phenoxy) is 2. The zero-order valence-corrected chi connectivity index (χ0v) is 18.7. The van der Waals surface area contributed by atoms with Gasteiger partial charge in [0, 0.05) is 36.1 Å². The number of morpholine rings is 1. The summed E-state index contributed by atoms with van der Waals surface area (Å²) in [7, 11) is 1.43. The van der Waals surface area contributed by atoms with E-state index < -0.39 is 0 Å². The first-order valence-electron chi connectivity index (χ1n) is 10.2. The fourth-order valence-electron chi connectivity index (χ4n) is 4.03. The van der Waals surface area contributed by atoms with Crippen molar-refractivity contribution in [1.82, 2.24) is 9.80 Å². The lowest BCUT2D eigenvalue weighted by Crippen LogP contribution is -2.44. The Morgan fingerprint density at radius 1 is 1.20 bits per heavy atom. The van der Waals surface area contributed by atoms with Crippen LogP contribution in [0.3, 0.4) is 0 Å². The summed E-state index contributed by atoms with van der Waals surface area (Å²) in [4.78, 5) is 21.8. The molecule has 0 aliphatic carbocycles. The summed E-state index contributed by atoms with van der Waals surface area (Å²) < 4.78 is 11.5. The highest BCUT2D eigenvalue weighted by Gasteiger charge is 2.33. The molecule has 1 saturated heterocycles. The predicted octanol–water partition coefficient (Wildman–Crippen LogP) is 3.78. The van der Waals surface area contributed by atoms with Crippen LogP contribution in [0.1, 0.15) is 23.6 Å². The SMILES string of the molecule is COC(=O)CN1C(CCN2CCOCC2)=Nc2ccc(Br)cc2[C@@H]1c1ccccc1. The van der Waals surface area contributed by atoms with Crippen molar-refractivity contribution in [1.29, 1.82) is 0 Å². The number of amidine groups is 1. The molecular formula is C23H26BrN3O3. The molecule has 7 heteroatoms. The van der Waals surface area contributed by atoms with Crippen LogP contribution in [-0.2, 0) is 14.3 Å². The second-order valence-electron chi connectivity index (χ2n) is 7.45. The fraction of sp³-hybridized carbons (Fsp3) is 0.391. The van der Waals surface area contributed by atoms with Gasteiger partial charge in [-0.05, 0) is 23.8 Å². The van der Waals surface area contributed by atoms with Crippen LogP contribution in [0.4, 0.5) is 5.69 Å². The smallest absolute Gasteiger partial charge is 0.325 e. The van der Waals surface area contributed by atoms with Crippen molar-refractivity contribution in [3.63, 3.8) is 0 Å². The maximum Gasteiger partial charge on any atom is 0.325 e. The maximum atomic E-state index is 12.3. The second kappa shape index (κ2) is 9.73. The Bertz CT molecular complexity index is 913. The summed E-state index contributed by atoms with van der Waals surface area (Å²) in [6.07, 6.45) is 0.760. The molecule has 0 aromatic heterocycles. The number of carbonyl (C=O) groups is 1. The zero-order chi connectivity index (χ0) is 20.9. The molecule has 2 aliphatic heterocycles. The number of nitrogens with zero attached hydrogens (tertiary/aromatic N) is 3. The van der Waals surface area contributed by atoms with Crippen LogP contribution in [0.2, 0.25) is 0 Å². The summed E-state index contributed by atoms with van der Waals surface area (Å²) in [5, 5.41) is 0. The van der Waals surface area contributed by atoms with Crippen molar-refractivity contribution >= 4 is 33.4 Å². The number of fused-ring (bicyclic) bond motifs is 1. The molecule has 0 spiro atoms. The van der Waals surface area contributed by atoms with Crippen molar-refractivity contribution in [2.45, 2.75) is 12.5 Å². The van der Waals surface area contributed by atoms with Crippen LogP contribution in [0.5, 0.6) is 0 Å². The van der Waals surface area contributed by atoms with Crippen LogP contribution < -0.4 is 0 Å². The summed E-state index contributed by atoms with van der Waals surface area (Å²) in [6, 6.07) is 16.3. The maximum absolute atomic E-state index is 12.3. The van der Waals surface area contributed by atoms with E-state index in [-0.39, 0.29) is 18.6 Å². The topological polar surface area (TPSA) is 54.4 Å². The first-order valence-corrected chi connectivity index (χ1v) is 11.0. The van der Waals surface area contributed by atoms with Gasteiger partial charge in [0.1, 0.15) is 12.4 Å². The third kappa shape index (κ3) is 4.74. The lowest BCUT2D eigenvalue weighted by molar-refractivity contribution is -0.141. The summed E-state index contributed by atoms with van der Waals surface area (Å²) in [5.41, 5.74) is 3.15. The first kappa shape index (κ1) is 21.0. The largest absolute Gasteiger partial charge is 0.468 e. The van der Waals surface area contributed by atoms with E-state index in [1.165, 1.54) is 7.11 Å². The Labute approximate surface area is 185 Å². The molecule has 0 saturated carbocycles. The Hall–Kier alpha value is -2.22. The van der Waals surface area contributed by atoms with Gasteiger partial charge in [0.05, 0.1) is 32.1 Å². The van der Waals surface area contributed by atoms with Crippen LogP contribution in [-0.4, -0.2) is 68.1 Å². The van der Waals surface area contributed by atoms with Crippen molar-refractivity contribution in [3.8, 4) is 0 Å². The van der Waals surface area contributed by atoms with Gasteiger partial charge in [-0.3, -0.25) is 9.69 Å². The third-order valence-electron chi connectivity index (χ3n) is 5.57. The molecule has 2 aromatic carbocycles. The number of hydrogen-bond donors (Lipinski definition) is 0. The van der Waals surface area contributed by atoms with E-state index in [4.69, 9.17) is 14.5 Å². The number of benzene rings is 2. The standard InChI is InChI=1S/C23H26BrN3O3/c1-29-22(28)16-27-21(9-10-26-11-13-30-14-12-26)25-20-8-7-18(24)15-19(20)23(27)17-5-3-2-4-6-17/h2-8,15,23H,9-14,16H2,1H3/t23-/m0/s1. The Morgan fingerprint density at radius 3 is 2.70 bits per heavy atom. The summed E-state index contributed by atoms with van der Waals surface area (Å²) in [6.45, 7) is 4.42. The molecule has 4 rings (SSSR count). The number of halogens is 1. The second-order valence-corrected chi connectivity index (χ2v) is 8.37. The average molecular weight is 472 g/mol. The highest BCUT2D eigenvalue weighted by Crippen LogP contribution is 2.40. The molecular weight excluding hydrogens is 446 g/mol. The zero-order valence-electron chi connectivity index (χ0n) is 17.1. The van der Waals surface area contributed by atoms with E-state index >= 15 is 0 Å². The van der Waals surface area contributed by atoms with Crippen molar-refractivity contribution in [2.24, 2.45) is 4.99 Å². The molecule has 2 heterocycles. The molecule has 0 N–H and O–H groups in total. The van der Waals surface area contributed by atoms with Crippen LogP contribution in [0.15, 0.2) is 58.0 Å². The molecule has 0 unspecified atom stereocenters. The van der Waals surface area contributed by atoms with E-state index in [9.17, 15) is 4.79 Å². The highest BCUT2D eigenvalue weighted by molar-refractivity contribution is 9.10. The van der Waals surface area contributed by atoms with E-state index in [1.54, 1.807) is 0 Å². The first-order chi connectivity index (χ1) is 14.7. The fourth-order valence-corrected chi connectivity index (χ4v) is 4.41. The summed E-state index contributed by atoms with van der Waals surface area (Å²) in [5.74, 6) is 0.643. The van der Waals surface area contributed by atoms with Gasteiger partial charge in [-0.15, -0.1) is 0 Å². The monoisotopic (exact) mass is 471 g/mol. The van der Waals surface area contributed by atoms with Gasteiger partial charge in [0.15, 0.2) is 0 Å². The molecule has 6 nitrogen and oxygen atoms in total. The lowest BCUT2D eigenvalue weighted by Gasteiger charge is -2.39. The molecule has 2 aromatic rings. The third-order valence-corrected chi connectivity index (χ3v) is 6.07. The minimum Gasteiger partial charge on any atom is -0.468 e. The van der Waals surface area contributed by atoms with Gasteiger partial charge in [-0.25, -0.2) is 4.99 Å². The lowest BCUT2D eigenvalue weighted by atomic mass is 9.93. The number of methoxy groups -OCH3 is 1. The van der Waals surface area contributed by atoms with E-state index in [0.717, 1.165) is 66.4 Å². The van der Waals surface area contributed by atoms with Crippen molar-refractivity contribution < 1.29 is 14.3 Å². The molecule has 0 amide bonds. The average Bonchev–Trinajstić information content (AvgIpc) is 2.79. The molecule has 2 aliphatic rings. The quantitative estimate of drug-likeness (QED) is 0.600. The van der Waals surface area contributed by atoms with Gasteiger partial charge >= 0.3 is 5.97 Å². The molecule has 1 fully saturated rings. The molecule has 0 bridgehead atoms. The van der Waals surface area contributed by atoms with E-state index in [0.29, 0.717) is 0 Å². The number of esters is 1. The number of rotatable bonds is 6. The number of carbonyl (C=O) groups excluding carboxylic acids is 1. The minimum atomic E-state index is -0.270. The van der Waals surface area contributed by atoms with E-state index in [2.05, 4.69) is 43.9 Å². The highest BCUT2D eigenvalue weighted by atomic mass is 79.9. The van der Waals surface area contributed by atoms with Crippen LogP contribution in [0.25, 0.3) is 0 Å². The van der Waals surface area contributed by atoms with Gasteiger partial charge < -0.3 is 14.4 Å². The van der Waals surface area contributed by atoms with Gasteiger partial charge in [-0.2, -0.15) is 0 Å². The molecule has 0 radical (unpaired) electrons. The predicted molar refractivity (Wildman–Crippen MR) is 120 cm³/mol. The van der Waals surface area contributed by atoms with Crippen molar-refractivity contribution in [3.05, 3.63) is 64.1 Å². The van der Waals surface area contributed by atoms with Gasteiger partial charge in [0.2, 0.25) is 0 Å². The van der Waals surface area contributed by atoms with E-state index in [1.807, 2.05) is 30.3 Å². The van der Waals surface area contributed by atoms with Crippen molar-refractivity contribution in [2.75, 3.05) is 46.5 Å². The molecule has 1 atom stereocenters.